The Kier molecular flexibility index (Phi) is 3.96. The molecule has 0 atom stereocenters. The molecule has 9 nitrogen and oxygen atoms in total. The van der Waals surface area contributed by atoms with E-state index in [4.69, 9.17) is 9.47 Å². The molecular formula is C17H16N6O3. The quantitative estimate of drug-likeness (QED) is 0.530. The molecule has 0 aliphatic rings. The molecule has 0 unspecified atom stereocenters. The van der Waals surface area contributed by atoms with Crippen LogP contribution in [-0.4, -0.2) is 43.6 Å². The van der Waals surface area contributed by atoms with E-state index in [0.29, 0.717) is 35.8 Å². The number of fused-ring (bicyclic) bond motifs is 3. The molecule has 0 aliphatic heterocycles. The van der Waals surface area contributed by atoms with Gasteiger partial charge in [-0.15, -0.1) is 10.2 Å². The van der Waals surface area contributed by atoms with Gasteiger partial charge >= 0.3 is 0 Å². The summed E-state index contributed by atoms with van der Waals surface area (Å²) in [6, 6.07) is 7.38. The first-order chi connectivity index (χ1) is 12.7. The predicted octanol–water partition coefficient (Wildman–Crippen LogP) is 1.09. The number of ether oxygens (including phenoxy) is 2. The first-order valence-corrected chi connectivity index (χ1v) is 7.97. The first kappa shape index (κ1) is 16.0. The summed E-state index contributed by atoms with van der Waals surface area (Å²) >= 11 is 0. The number of benzene rings is 1. The van der Waals surface area contributed by atoms with Crippen molar-refractivity contribution in [3.63, 3.8) is 0 Å². The van der Waals surface area contributed by atoms with Gasteiger partial charge in [-0.2, -0.15) is 9.61 Å². The minimum atomic E-state index is -0.250. The number of aryl methyl sites for hydroxylation is 2. The standard InChI is InChI=1S/C17H16N6O3/c1-25-12-4-3-11(9-13(12)26-2)6-8-22-10-18-16-15(17(22)24)21-20-14-5-7-19-23(14)16/h3-5,7,9-10H,6,8H2,1-2H3. The topological polar surface area (TPSA) is 96.4 Å². The molecule has 1 aromatic carbocycles. The molecule has 26 heavy (non-hydrogen) atoms. The zero-order valence-corrected chi connectivity index (χ0v) is 14.3. The summed E-state index contributed by atoms with van der Waals surface area (Å²) in [7, 11) is 3.18. The van der Waals surface area contributed by atoms with Crippen molar-refractivity contribution in [2.75, 3.05) is 14.2 Å². The minimum absolute atomic E-state index is 0.191. The average Bonchev–Trinajstić information content (AvgIpc) is 3.16. The van der Waals surface area contributed by atoms with E-state index in [2.05, 4.69) is 20.3 Å². The number of rotatable bonds is 5. The van der Waals surface area contributed by atoms with E-state index in [1.54, 1.807) is 26.5 Å². The van der Waals surface area contributed by atoms with Crippen LogP contribution < -0.4 is 15.0 Å². The minimum Gasteiger partial charge on any atom is -0.493 e. The lowest BCUT2D eigenvalue weighted by Crippen LogP contribution is -2.23. The molecule has 0 saturated heterocycles. The van der Waals surface area contributed by atoms with Gasteiger partial charge in [0.15, 0.2) is 28.3 Å². The Morgan fingerprint density at radius 1 is 1.08 bits per heavy atom. The molecule has 132 valence electrons. The Hall–Kier alpha value is -3.49. The summed E-state index contributed by atoms with van der Waals surface area (Å²) in [4.78, 5) is 17.0. The SMILES string of the molecule is COc1ccc(CCn2cnc3c(nnc4ccnn43)c2=O)cc1OC. The van der Waals surface area contributed by atoms with Gasteiger partial charge in [0.2, 0.25) is 0 Å². The van der Waals surface area contributed by atoms with Gasteiger partial charge in [-0.05, 0) is 24.1 Å². The maximum Gasteiger partial charge on any atom is 0.283 e. The normalized spacial score (nSPS) is 11.2. The van der Waals surface area contributed by atoms with Gasteiger partial charge in [-0.25, -0.2) is 4.98 Å². The maximum atomic E-state index is 12.7. The Morgan fingerprint density at radius 3 is 2.73 bits per heavy atom. The van der Waals surface area contributed by atoms with E-state index >= 15 is 0 Å². The number of aromatic nitrogens is 6. The molecule has 0 saturated carbocycles. The lowest BCUT2D eigenvalue weighted by Gasteiger charge is -2.10. The highest BCUT2D eigenvalue weighted by atomic mass is 16.5. The smallest absolute Gasteiger partial charge is 0.283 e. The third-order valence-electron chi connectivity index (χ3n) is 4.16. The Morgan fingerprint density at radius 2 is 1.92 bits per heavy atom. The molecule has 0 aliphatic carbocycles. The predicted molar refractivity (Wildman–Crippen MR) is 93.6 cm³/mol. The summed E-state index contributed by atoms with van der Waals surface area (Å²) in [6.07, 6.45) is 3.73. The van der Waals surface area contributed by atoms with Crippen molar-refractivity contribution in [3.05, 3.63) is 52.7 Å². The number of methoxy groups -OCH3 is 2. The highest BCUT2D eigenvalue weighted by Gasteiger charge is 2.11. The highest BCUT2D eigenvalue weighted by Crippen LogP contribution is 2.27. The van der Waals surface area contributed by atoms with Crippen LogP contribution in [0.3, 0.4) is 0 Å². The number of hydrogen-bond acceptors (Lipinski definition) is 7. The van der Waals surface area contributed by atoms with Crippen LogP contribution in [0.25, 0.3) is 16.8 Å². The summed E-state index contributed by atoms with van der Waals surface area (Å²) in [5, 5.41) is 12.1. The van der Waals surface area contributed by atoms with Gasteiger partial charge in [-0.3, -0.25) is 9.36 Å². The fourth-order valence-corrected chi connectivity index (χ4v) is 2.79. The summed E-state index contributed by atoms with van der Waals surface area (Å²) < 4.78 is 13.6. The van der Waals surface area contributed by atoms with Crippen LogP contribution in [0.15, 0.2) is 41.6 Å². The lowest BCUT2D eigenvalue weighted by molar-refractivity contribution is 0.354. The molecule has 4 rings (SSSR count). The Labute approximate surface area is 147 Å². The van der Waals surface area contributed by atoms with E-state index < -0.39 is 0 Å². The van der Waals surface area contributed by atoms with Crippen molar-refractivity contribution in [1.82, 2.24) is 29.4 Å². The zero-order valence-electron chi connectivity index (χ0n) is 14.3. The molecule has 0 radical (unpaired) electrons. The second-order valence-corrected chi connectivity index (χ2v) is 5.66. The number of hydrogen-bond donors (Lipinski definition) is 0. The molecule has 3 heterocycles. The highest BCUT2D eigenvalue weighted by molar-refractivity contribution is 5.70. The molecule has 0 N–H and O–H groups in total. The van der Waals surface area contributed by atoms with E-state index in [0.717, 1.165) is 5.56 Å². The molecule has 0 amide bonds. The molecule has 0 spiro atoms. The van der Waals surface area contributed by atoms with Crippen molar-refractivity contribution >= 4 is 16.8 Å². The van der Waals surface area contributed by atoms with E-state index in [1.165, 1.54) is 15.4 Å². The van der Waals surface area contributed by atoms with Crippen molar-refractivity contribution in [1.29, 1.82) is 0 Å². The second kappa shape index (κ2) is 6.43. The van der Waals surface area contributed by atoms with Crippen LogP contribution in [0.4, 0.5) is 0 Å². The summed E-state index contributed by atoms with van der Waals surface area (Å²) in [5.74, 6) is 1.32. The van der Waals surface area contributed by atoms with Crippen molar-refractivity contribution in [2.45, 2.75) is 13.0 Å². The molecule has 9 heteroatoms. The fourth-order valence-electron chi connectivity index (χ4n) is 2.79. The second-order valence-electron chi connectivity index (χ2n) is 5.66. The summed E-state index contributed by atoms with van der Waals surface area (Å²) in [6.45, 7) is 0.454. The van der Waals surface area contributed by atoms with Gasteiger partial charge in [0.1, 0.15) is 6.33 Å². The van der Waals surface area contributed by atoms with E-state index in [1.807, 2.05) is 18.2 Å². The van der Waals surface area contributed by atoms with E-state index in [-0.39, 0.29) is 11.1 Å². The molecule has 0 bridgehead atoms. The Balaban J connectivity index is 1.64. The summed E-state index contributed by atoms with van der Waals surface area (Å²) in [5.41, 5.74) is 1.90. The molecular weight excluding hydrogens is 336 g/mol. The van der Waals surface area contributed by atoms with Crippen molar-refractivity contribution in [3.8, 4) is 11.5 Å². The van der Waals surface area contributed by atoms with Crippen LogP contribution in [0.2, 0.25) is 0 Å². The first-order valence-electron chi connectivity index (χ1n) is 7.97. The largest absolute Gasteiger partial charge is 0.493 e. The van der Waals surface area contributed by atoms with Gasteiger partial charge in [0.25, 0.3) is 5.56 Å². The van der Waals surface area contributed by atoms with Gasteiger partial charge in [-0.1, -0.05) is 6.07 Å². The van der Waals surface area contributed by atoms with Crippen molar-refractivity contribution < 1.29 is 9.47 Å². The van der Waals surface area contributed by atoms with Crippen LogP contribution in [0.5, 0.6) is 11.5 Å². The fraction of sp³-hybridized carbons (Fsp3) is 0.235. The van der Waals surface area contributed by atoms with Crippen LogP contribution >= 0.6 is 0 Å². The zero-order chi connectivity index (χ0) is 18.1. The molecule has 3 aromatic heterocycles. The van der Waals surface area contributed by atoms with Gasteiger partial charge < -0.3 is 9.47 Å². The van der Waals surface area contributed by atoms with Crippen molar-refractivity contribution in [2.24, 2.45) is 0 Å². The third-order valence-corrected chi connectivity index (χ3v) is 4.16. The van der Waals surface area contributed by atoms with Gasteiger partial charge in [0.05, 0.1) is 20.4 Å². The van der Waals surface area contributed by atoms with Gasteiger partial charge in [0, 0.05) is 12.6 Å². The lowest BCUT2D eigenvalue weighted by atomic mass is 10.1. The van der Waals surface area contributed by atoms with Crippen LogP contribution in [0.1, 0.15) is 5.56 Å². The molecule has 4 aromatic rings. The monoisotopic (exact) mass is 352 g/mol. The number of nitrogens with zero attached hydrogens (tertiary/aromatic N) is 6. The van der Waals surface area contributed by atoms with Crippen LogP contribution in [-0.2, 0) is 13.0 Å². The Bertz CT molecular complexity index is 1150. The van der Waals surface area contributed by atoms with Crippen LogP contribution in [0, 0.1) is 0 Å². The molecule has 0 fully saturated rings. The van der Waals surface area contributed by atoms with E-state index in [9.17, 15) is 4.79 Å². The maximum absolute atomic E-state index is 12.7. The third kappa shape index (κ3) is 2.63. The average molecular weight is 352 g/mol.